The molecule has 0 fully saturated rings. The molecular formula is C7H6FNO2. The third kappa shape index (κ3) is 0.906. The topological polar surface area (TPSA) is 31.4 Å². The van der Waals surface area contributed by atoms with Crippen molar-refractivity contribution < 1.29 is 13.9 Å². The molecular weight excluding hydrogens is 149 g/mol. The molecule has 0 bridgehead atoms. The molecule has 0 radical (unpaired) electrons. The van der Waals surface area contributed by atoms with Gasteiger partial charge < -0.3 is 9.47 Å². The number of alkyl halides is 1. The van der Waals surface area contributed by atoms with Crippen molar-refractivity contribution in [1.82, 2.24) is 4.98 Å². The van der Waals surface area contributed by atoms with Crippen LogP contribution < -0.4 is 9.47 Å². The lowest BCUT2D eigenvalue weighted by Crippen LogP contribution is -1.94. The smallest absolute Gasteiger partial charge is 0.260 e. The average Bonchev–Trinajstić information content (AvgIpc) is 2.50. The van der Waals surface area contributed by atoms with Gasteiger partial charge in [0.1, 0.15) is 6.67 Å². The van der Waals surface area contributed by atoms with Crippen molar-refractivity contribution in [3.05, 3.63) is 17.8 Å². The summed E-state index contributed by atoms with van der Waals surface area (Å²) in [5.74, 6) is 0.829. The van der Waals surface area contributed by atoms with Crippen molar-refractivity contribution in [1.29, 1.82) is 0 Å². The van der Waals surface area contributed by atoms with Gasteiger partial charge in [0.15, 0.2) is 5.75 Å². The zero-order chi connectivity index (χ0) is 7.68. The fourth-order valence-electron chi connectivity index (χ4n) is 0.973. The minimum absolute atomic E-state index is 0.138. The minimum atomic E-state index is -0.547. The molecule has 0 amide bonds. The summed E-state index contributed by atoms with van der Waals surface area (Å²) in [6, 6.07) is 1.58. The molecule has 1 aliphatic rings. The van der Waals surface area contributed by atoms with E-state index in [0.29, 0.717) is 17.2 Å². The molecule has 3 nitrogen and oxygen atoms in total. The summed E-state index contributed by atoms with van der Waals surface area (Å²) in [5.41, 5.74) is 0.493. The summed E-state index contributed by atoms with van der Waals surface area (Å²) in [6.45, 7) is -0.409. The number of pyridine rings is 1. The number of hydrogen-bond acceptors (Lipinski definition) is 3. The lowest BCUT2D eigenvalue weighted by molar-refractivity contribution is 0.170. The Bertz CT molecular complexity index is 277. The molecule has 1 aromatic heterocycles. The van der Waals surface area contributed by atoms with E-state index in [9.17, 15) is 4.39 Å². The maximum Gasteiger partial charge on any atom is 0.260 e. The van der Waals surface area contributed by atoms with E-state index in [0.717, 1.165) is 0 Å². The first-order valence-corrected chi connectivity index (χ1v) is 3.21. The number of fused-ring (bicyclic) bond motifs is 1. The molecule has 0 unspecified atom stereocenters. The Morgan fingerprint density at radius 1 is 1.55 bits per heavy atom. The van der Waals surface area contributed by atoms with Crippen molar-refractivity contribution >= 4 is 0 Å². The summed E-state index contributed by atoms with van der Waals surface area (Å²) in [6.07, 6.45) is 1.50. The Hall–Kier alpha value is -1.32. The SMILES string of the molecule is FCc1ccnc2c1OCO2. The van der Waals surface area contributed by atoms with Crippen LogP contribution in [0.3, 0.4) is 0 Å². The Morgan fingerprint density at radius 3 is 3.27 bits per heavy atom. The van der Waals surface area contributed by atoms with E-state index in [4.69, 9.17) is 9.47 Å². The Kier molecular flexibility index (Phi) is 1.38. The van der Waals surface area contributed by atoms with Gasteiger partial charge in [0, 0.05) is 11.8 Å². The zero-order valence-corrected chi connectivity index (χ0v) is 5.71. The van der Waals surface area contributed by atoms with Crippen molar-refractivity contribution in [3.8, 4) is 11.6 Å². The van der Waals surface area contributed by atoms with Crippen LogP contribution in [0.25, 0.3) is 0 Å². The maximum absolute atomic E-state index is 12.2. The van der Waals surface area contributed by atoms with Crippen LogP contribution in [0.15, 0.2) is 12.3 Å². The fourth-order valence-corrected chi connectivity index (χ4v) is 0.973. The van der Waals surface area contributed by atoms with Crippen LogP contribution >= 0.6 is 0 Å². The third-order valence-electron chi connectivity index (χ3n) is 1.50. The maximum atomic E-state index is 12.2. The summed E-state index contributed by atoms with van der Waals surface area (Å²) in [4.78, 5) is 3.85. The van der Waals surface area contributed by atoms with E-state index >= 15 is 0 Å². The summed E-state index contributed by atoms with van der Waals surface area (Å²) < 4.78 is 22.2. The van der Waals surface area contributed by atoms with Gasteiger partial charge >= 0.3 is 0 Å². The van der Waals surface area contributed by atoms with Gasteiger partial charge in [-0.3, -0.25) is 0 Å². The normalized spacial score (nSPS) is 13.5. The minimum Gasteiger partial charge on any atom is -0.451 e. The van der Waals surface area contributed by atoms with Crippen LogP contribution in [0, 0.1) is 0 Å². The first-order valence-electron chi connectivity index (χ1n) is 3.21. The highest BCUT2D eigenvalue weighted by molar-refractivity contribution is 5.42. The molecule has 0 atom stereocenters. The highest BCUT2D eigenvalue weighted by atomic mass is 19.1. The Morgan fingerprint density at radius 2 is 2.45 bits per heavy atom. The lowest BCUT2D eigenvalue weighted by Gasteiger charge is -1.98. The predicted molar refractivity (Wildman–Crippen MR) is 35.2 cm³/mol. The van der Waals surface area contributed by atoms with Gasteiger partial charge in [0.25, 0.3) is 5.88 Å². The number of ether oxygens (including phenoxy) is 2. The van der Waals surface area contributed by atoms with E-state index in [2.05, 4.69) is 4.98 Å². The predicted octanol–water partition coefficient (Wildman–Crippen LogP) is 1.28. The van der Waals surface area contributed by atoms with Crippen molar-refractivity contribution in [2.75, 3.05) is 6.79 Å². The first-order chi connectivity index (χ1) is 5.42. The molecule has 58 valence electrons. The summed E-state index contributed by atoms with van der Waals surface area (Å²) in [5, 5.41) is 0. The van der Waals surface area contributed by atoms with Crippen molar-refractivity contribution in [2.45, 2.75) is 6.67 Å². The number of halogens is 1. The second kappa shape index (κ2) is 2.38. The quantitative estimate of drug-likeness (QED) is 0.612. The van der Waals surface area contributed by atoms with Crippen LogP contribution in [0.1, 0.15) is 5.56 Å². The number of nitrogens with zero attached hydrogens (tertiary/aromatic N) is 1. The molecule has 11 heavy (non-hydrogen) atoms. The van der Waals surface area contributed by atoms with Crippen LogP contribution in [-0.2, 0) is 6.67 Å². The van der Waals surface area contributed by atoms with E-state index in [1.165, 1.54) is 6.20 Å². The molecule has 0 N–H and O–H groups in total. The monoisotopic (exact) mass is 155 g/mol. The van der Waals surface area contributed by atoms with Gasteiger partial charge in [-0.1, -0.05) is 0 Å². The second-order valence-corrected chi connectivity index (χ2v) is 2.14. The molecule has 0 saturated carbocycles. The second-order valence-electron chi connectivity index (χ2n) is 2.14. The van der Waals surface area contributed by atoms with E-state index in [-0.39, 0.29) is 6.79 Å². The first kappa shape index (κ1) is 6.39. The molecule has 0 aromatic carbocycles. The largest absolute Gasteiger partial charge is 0.451 e. The molecule has 0 spiro atoms. The summed E-state index contributed by atoms with van der Waals surface area (Å²) >= 11 is 0. The molecule has 1 aromatic rings. The van der Waals surface area contributed by atoms with Crippen molar-refractivity contribution in [2.24, 2.45) is 0 Å². The van der Waals surface area contributed by atoms with E-state index < -0.39 is 6.67 Å². The number of rotatable bonds is 1. The van der Waals surface area contributed by atoms with Gasteiger partial charge in [0.05, 0.1) is 0 Å². The fraction of sp³-hybridized carbons (Fsp3) is 0.286. The van der Waals surface area contributed by atoms with Crippen LogP contribution in [-0.4, -0.2) is 11.8 Å². The average molecular weight is 155 g/mol. The van der Waals surface area contributed by atoms with Gasteiger partial charge in [-0.2, -0.15) is 0 Å². The summed E-state index contributed by atoms with van der Waals surface area (Å²) in [7, 11) is 0. The van der Waals surface area contributed by atoms with Crippen LogP contribution in [0.2, 0.25) is 0 Å². The van der Waals surface area contributed by atoms with E-state index in [1.807, 2.05) is 0 Å². The molecule has 1 aliphatic heterocycles. The van der Waals surface area contributed by atoms with Gasteiger partial charge in [-0.15, -0.1) is 0 Å². The Balaban J connectivity index is 2.50. The molecule has 2 heterocycles. The van der Waals surface area contributed by atoms with Gasteiger partial charge in [-0.25, -0.2) is 9.37 Å². The van der Waals surface area contributed by atoms with Crippen LogP contribution in [0.5, 0.6) is 11.6 Å². The van der Waals surface area contributed by atoms with Crippen LogP contribution in [0.4, 0.5) is 4.39 Å². The standard InChI is InChI=1S/C7H6FNO2/c8-3-5-1-2-9-7-6(5)10-4-11-7/h1-2H,3-4H2. The number of hydrogen-bond donors (Lipinski definition) is 0. The van der Waals surface area contributed by atoms with Crippen molar-refractivity contribution in [3.63, 3.8) is 0 Å². The third-order valence-corrected chi connectivity index (χ3v) is 1.50. The van der Waals surface area contributed by atoms with Gasteiger partial charge in [-0.05, 0) is 6.07 Å². The zero-order valence-electron chi connectivity index (χ0n) is 5.71. The molecule has 4 heteroatoms. The molecule has 0 saturated heterocycles. The number of aromatic nitrogens is 1. The highest BCUT2D eigenvalue weighted by Gasteiger charge is 2.17. The molecule has 0 aliphatic carbocycles. The molecule has 2 rings (SSSR count). The van der Waals surface area contributed by atoms with Gasteiger partial charge in [0.2, 0.25) is 6.79 Å². The van der Waals surface area contributed by atoms with E-state index in [1.54, 1.807) is 6.07 Å². The lowest BCUT2D eigenvalue weighted by atomic mass is 10.3. The highest BCUT2D eigenvalue weighted by Crippen LogP contribution is 2.33. The Labute approximate surface area is 62.8 Å².